The van der Waals surface area contributed by atoms with E-state index in [9.17, 15) is 13.2 Å². The Morgan fingerprint density at radius 3 is 2.95 bits per heavy atom. The van der Waals surface area contributed by atoms with Crippen molar-refractivity contribution < 1.29 is 13.2 Å². The average molecular weight is 329 g/mol. The number of hydrogen-bond acceptors (Lipinski definition) is 4. The third kappa shape index (κ3) is 5.64. The molecule has 2 rings (SSSR count). The van der Waals surface area contributed by atoms with E-state index in [2.05, 4.69) is 15.1 Å². The third-order valence-electron chi connectivity index (χ3n) is 3.49. The van der Waals surface area contributed by atoms with Gasteiger partial charge >= 0.3 is 6.03 Å². The molecule has 0 spiro atoms. The fourth-order valence-corrected chi connectivity index (χ4v) is 3.34. The van der Waals surface area contributed by atoms with Crippen LogP contribution in [0.3, 0.4) is 0 Å². The zero-order chi connectivity index (χ0) is 16.0. The Balaban J connectivity index is 1.70. The molecule has 2 N–H and O–H groups in total. The number of aromatic nitrogens is 2. The van der Waals surface area contributed by atoms with Gasteiger partial charge in [-0.1, -0.05) is 0 Å². The van der Waals surface area contributed by atoms with E-state index in [-0.39, 0.29) is 12.1 Å². The fourth-order valence-electron chi connectivity index (χ4n) is 2.54. The average Bonchev–Trinajstić information content (AvgIpc) is 2.95. The molecule has 0 bridgehead atoms. The van der Waals surface area contributed by atoms with Crippen LogP contribution in [0.15, 0.2) is 18.5 Å². The molecule has 22 heavy (non-hydrogen) atoms. The maximum absolute atomic E-state index is 12.1. The molecule has 124 valence electrons. The van der Waals surface area contributed by atoms with Crippen molar-refractivity contribution >= 4 is 16.1 Å². The number of hydrogen-bond donors (Lipinski definition) is 2. The second-order valence-corrected chi connectivity index (χ2v) is 7.31. The van der Waals surface area contributed by atoms with Gasteiger partial charge in [0.1, 0.15) is 0 Å². The van der Waals surface area contributed by atoms with Crippen LogP contribution in [0.5, 0.6) is 0 Å². The first kappa shape index (κ1) is 16.8. The molecule has 2 heterocycles. The van der Waals surface area contributed by atoms with Crippen LogP contribution in [0.1, 0.15) is 19.3 Å². The third-order valence-corrected chi connectivity index (χ3v) is 4.25. The van der Waals surface area contributed by atoms with Crippen LogP contribution in [0.2, 0.25) is 0 Å². The highest BCUT2D eigenvalue weighted by molar-refractivity contribution is 7.88. The lowest BCUT2D eigenvalue weighted by atomic mass is 10.1. The van der Waals surface area contributed by atoms with Crippen molar-refractivity contribution in [2.24, 2.45) is 0 Å². The Kier molecular flexibility index (Phi) is 5.78. The molecule has 1 aliphatic rings. The summed E-state index contributed by atoms with van der Waals surface area (Å²) in [6, 6.07) is 1.53. The Morgan fingerprint density at radius 1 is 1.45 bits per heavy atom. The van der Waals surface area contributed by atoms with Crippen LogP contribution < -0.4 is 10.0 Å². The molecule has 1 atom stereocenters. The van der Waals surface area contributed by atoms with Crippen LogP contribution in [0.4, 0.5) is 4.79 Å². The van der Waals surface area contributed by atoms with Gasteiger partial charge in [-0.3, -0.25) is 4.68 Å². The summed E-state index contributed by atoms with van der Waals surface area (Å²) in [5, 5.41) is 6.96. The van der Waals surface area contributed by atoms with Crippen molar-refractivity contribution in [2.45, 2.75) is 31.8 Å². The van der Waals surface area contributed by atoms with Gasteiger partial charge in [0.05, 0.1) is 6.26 Å². The van der Waals surface area contributed by atoms with Crippen molar-refractivity contribution in [3.63, 3.8) is 0 Å². The van der Waals surface area contributed by atoms with Crippen molar-refractivity contribution in [1.82, 2.24) is 24.7 Å². The Labute approximate surface area is 130 Å². The number of rotatable bonds is 6. The largest absolute Gasteiger partial charge is 0.338 e. The number of sulfonamides is 1. The molecule has 0 radical (unpaired) electrons. The maximum atomic E-state index is 12.1. The van der Waals surface area contributed by atoms with E-state index in [1.165, 1.54) is 0 Å². The van der Waals surface area contributed by atoms with Crippen molar-refractivity contribution in [2.75, 3.05) is 25.9 Å². The molecule has 1 fully saturated rings. The summed E-state index contributed by atoms with van der Waals surface area (Å²) in [6.07, 6.45) is 7.10. The topological polar surface area (TPSA) is 96.3 Å². The Morgan fingerprint density at radius 2 is 2.27 bits per heavy atom. The van der Waals surface area contributed by atoms with Crippen LogP contribution in [0, 0.1) is 0 Å². The van der Waals surface area contributed by atoms with Gasteiger partial charge in [-0.05, 0) is 25.3 Å². The van der Waals surface area contributed by atoms with Crippen molar-refractivity contribution in [3.05, 3.63) is 18.5 Å². The minimum Gasteiger partial charge on any atom is -0.338 e. The monoisotopic (exact) mass is 329 g/mol. The summed E-state index contributed by atoms with van der Waals surface area (Å²) < 4.78 is 26.9. The smallest absolute Gasteiger partial charge is 0.317 e. The van der Waals surface area contributed by atoms with E-state index in [1.54, 1.807) is 11.1 Å². The summed E-state index contributed by atoms with van der Waals surface area (Å²) in [5.74, 6) is 0. The molecule has 1 aromatic heterocycles. The molecule has 8 nitrogen and oxygen atoms in total. The first-order valence-corrected chi connectivity index (χ1v) is 9.31. The first-order valence-electron chi connectivity index (χ1n) is 7.41. The van der Waals surface area contributed by atoms with Gasteiger partial charge < -0.3 is 10.2 Å². The van der Waals surface area contributed by atoms with Gasteiger partial charge in [-0.25, -0.2) is 17.9 Å². The van der Waals surface area contributed by atoms with Gasteiger partial charge in [-0.2, -0.15) is 5.10 Å². The number of nitrogens with zero attached hydrogens (tertiary/aromatic N) is 3. The normalized spacial score (nSPS) is 19.1. The number of aryl methyl sites for hydroxylation is 1. The predicted octanol–water partition coefficient (Wildman–Crippen LogP) is -0.00360. The Hall–Kier alpha value is -1.61. The highest BCUT2D eigenvalue weighted by Crippen LogP contribution is 2.10. The van der Waals surface area contributed by atoms with Crippen LogP contribution >= 0.6 is 0 Å². The lowest BCUT2D eigenvalue weighted by Gasteiger charge is -2.32. The SMILES string of the molecule is CS(=O)(=O)N[C@H]1CCCN(C(=O)NCCCn2cccn2)C1. The molecule has 9 heteroatoms. The highest BCUT2D eigenvalue weighted by atomic mass is 32.2. The quantitative estimate of drug-likeness (QED) is 0.718. The molecule has 0 aliphatic carbocycles. The number of piperidine rings is 1. The van der Waals surface area contributed by atoms with E-state index in [1.807, 2.05) is 16.9 Å². The van der Waals surface area contributed by atoms with E-state index >= 15 is 0 Å². The number of carbonyl (C=O) groups excluding carboxylic acids is 1. The summed E-state index contributed by atoms with van der Waals surface area (Å²) >= 11 is 0. The number of amides is 2. The second-order valence-electron chi connectivity index (χ2n) is 5.53. The molecule has 0 saturated carbocycles. The fraction of sp³-hybridized carbons (Fsp3) is 0.692. The molecule has 0 aromatic carbocycles. The molecular weight excluding hydrogens is 306 g/mol. The van der Waals surface area contributed by atoms with Gasteiger partial charge in [0.2, 0.25) is 10.0 Å². The molecule has 1 saturated heterocycles. The molecule has 0 unspecified atom stereocenters. The lowest BCUT2D eigenvalue weighted by Crippen LogP contribution is -2.52. The summed E-state index contributed by atoms with van der Waals surface area (Å²) in [7, 11) is -3.24. The van der Waals surface area contributed by atoms with Gasteiger partial charge in [0, 0.05) is 44.6 Å². The van der Waals surface area contributed by atoms with Gasteiger partial charge in [-0.15, -0.1) is 0 Å². The second kappa shape index (κ2) is 7.59. The van der Waals surface area contributed by atoms with Crippen LogP contribution in [0.25, 0.3) is 0 Å². The number of likely N-dealkylation sites (tertiary alicyclic amines) is 1. The number of carbonyl (C=O) groups is 1. The number of nitrogens with one attached hydrogen (secondary N) is 2. The van der Waals surface area contributed by atoms with E-state index in [0.29, 0.717) is 19.6 Å². The van der Waals surface area contributed by atoms with Crippen LogP contribution in [-0.4, -0.2) is 61.1 Å². The van der Waals surface area contributed by atoms with E-state index in [0.717, 1.165) is 32.1 Å². The van der Waals surface area contributed by atoms with Crippen LogP contribution in [-0.2, 0) is 16.6 Å². The molecule has 1 aliphatic heterocycles. The number of urea groups is 1. The lowest BCUT2D eigenvalue weighted by molar-refractivity contribution is 0.177. The summed E-state index contributed by atoms with van der Waals surface area (Å²) in [6.45, 7) is 2.40. The zero-order valence-corrected chi connectivity index (χ0v) is 13.6. The molecule has 1 aromatic rings. The first-order chi connectivity index (χ1) is 10.4. The minimum atomic E-state index is -3.24. The Bertz CT molecular complexity index is 573. The zero-order valence-electron chi connectivity index (χ0n) is 12.7. The van der Waals surface area contributed by atoms with Crippen molar-refractivity contribution in [3.8, 4) is 0 Å². The van der Waals surface area contributed by atoms with Crippen molar-refractivity contribution in [1.29, 1.82) is 0 Å². The maximum Gasteiger partial charge on any atom is 0.317 e. The van der Waals surface area contributed by atoms with Gasteiger partial charge in [0.15, 0.2) is 0 Å². The highest BCUT2D eigenvalue weighted by Gasteiger charge is 2.25. The molecular formula is C13H23N5O3S. The van der Waals surface area contributed by atoms with Gasteiger partial charge in [0.25, 0.3) is 0 Å². The minimum absolute atomic E-state index is 0.138. The van der Waals surface area contributed by atoms with E-state index < -0.39 is 10.0 Å². The van der Waals surface area contributed by atoms with E-state index in [4.69, 9.17) is 0 Å². The molecule has 2 amide bonds. The predicted molar refractivity (Wildman–Crippen MR) is 82.8 cm³/mol. The summed E-state index contributed by atoms with van der Waals surface area (Å²) in [4.78, 5) is 13.8. The standard InChI is InChI=1S/C13H23N5O3S/c1-22(20,21)16-12-5-2-8-17(11-12)13(19)14-6-3-9-18-10-4-7-15-18/h4,7,10,12,16H,2-3,5-6,8-9,11H2,1H3,(H,14,19)/t12-/m0/s1. The summed E-state index contributed by atoms with van der Waals surface area (Å²) in [5.41, 5.74) is 0.